The fourth-order valence-electron chi connectivity index (χ4n) is 2.44. The second kappa shape index (κ2) is 6.10. The molecule has 0 spiro atoms. The highest BCUT2D eigenvalue weighted by Gasteiger charge is 2.29. The molecule has 0 saturated carbocycles. The number of rotatable bonds is 2. The van der Waals surface area contributed by atoms with Crippen LogP contribution in [0.2, 0.25) is 0 Å². The third-order valence-corrected chi connectivity index (χ3v) is 3.35. The lowest BCUT2D eigenvalue weighted by atomic mass is 9.84. The Morgan fingerprint density at radius 2 is 2.16 bits per heavy atom. The maximum absolute atomic E-state index is 10.9. The van der Waals surface area contributed by atoms with Crippen LogP contribution in [0.5, 0.6) is 5.75 Å². The van der Waals surface area contributed by atoms with Crippen molar-refractivity contribution >= 4 is 24.1 Å². The maximum atomic E-state index is 10.9. The largest absolute Gasteiger partial charge is 0.506 e. The normalized spacial score (nSPS) is 21.2. The number of phenolic OH excluding ortho intramolecular Hbond substituents is 1. The van der Waals surface area contributed by atoms with E-state index in [1.165, 1.54) is 6.07 Å². The SMILES string of the molecule is CNC1CCc2c(ccc(O)c2NC(N)=O)C1O.Cl. The van der Waals surface area contributed by atoms with Gasteiger partial charge in [0.05, 0.1) is 11.8 Å². The Morgan fingerprint density at radius 1 is 1.47 bits per heavy atom. The predicted octanol–water partition coefficient (Wildman–Crippen LogP) is 0.872. The van der Waals surface area contributed by atoms with Gasteiger partial charge in [0.15, 0.2) is 0 Å². The van der Waals surface area contributed by atoms with Crippen molar-refractivity contribution in [3.63, 3.8) is 0 Å². The molecular formula is C12H18ClN3O3. The molecule has 2 unspecified atom stereocenters. The van der Waals surface area contributed by atoms with Gasteiger partial charge >= 0.3 is 6.03 Å². The summed E-state index contributed by atoms with van der Waals surface area (Å²) in [5.74, 6) is -0.0392. The number of aromatic hydroxyl groups is 1. The Labute approximate surface area is 117 Å². The summed E-state index contributed by atoms with van der Waals surface area (Å²) in [4.78, 5) is 10.9. The van der Waals surface area contributed by atoms with Crippen LogP contribution >= 0.6 is 12.4 Å². The first-order valence-electron chi connectivity index (χ1n) is 5.81. The zero-order valence-electron chi connectivity index (χ0n) is 10.5. The fourth-order valence-corrected chi connectivity index (χ4v) is 2.44. The van der Waals surface area contributed by atoms with Gasteiger partial charge in [0.1, 0.15) is 5.75 Å². The molecule has 0 heterocycles. The van der Waals surface area contributed by atoms with Gasteiger partial charge in [-0.1, -0.05) is 6.07 Å². The molecule has 2 atom stereocenters. The zero-order chi connectivity index (χ0) is 13.3. The summed E-state index contributed by atoms with van der Waals surface area (Å²) in [6, 6.07) is 2.36. The van der Waals surface area contributed by atoms with Crippen LogP contribution in [-0.2, 0) is 6.42 Å². The fraction of sp³-hybridized carbons (Fsp3) is 0.417. The van der Waals surface area contributed by atoms with Crippen molar-refractivity contribution in [2.24, 2.45) is 5.73 Å². The number of nitrogens with two attached hydrogens (primary N) is 1. The van der Waals surface area contributed by atoms with E-state index in [-0.39, 0.29) is 24.2 Å². The lowest BCUT2D eigenvalue weighted by Crippen LogP contribution is -2.36. The van der Waals surface area contributed by atoms with E-state index in [9.17, 15) is 15.0 Å². The molecule has 19 heavy (non-hydrogen) atoms. The molecule has 1 aromatic rings. The molecule has 0 saturated heterocycles. The lowest BCUT2D eigenvalue weighted by Gasteiger charge is -2.31. The Morgan fingerprint density at radius 3 is 2.74 bits per heavy atom. The van der Waals surface area contributed by atoms with E-state index in [1.807, 2.05) is 0 Å². The number of halogens is 1. The summed E-state index contributed by atoms with van der Waals surface area (Å²) in [7, 11) is 1.79. The van der Waals surface area contributed by atoms with Crippen LogP contribution in [0.25, 0.3) is 0 Å². The number of anilines is 1. The first-order chi connectivity index (χ1) is 8.54. The zero-order valence-corrected chi connectivity index (χ0v) is 11.3. The third kappa shape index (κ3) is 2.91. The molecule has 0 aliphatic heterocycles. The molecule has 1 aliphatic rings. The minimum atomic E-state index is -0.732. The molecule has 2 rings (SSSR count). The topological polar surface area (TPSA) is 108 Å². The van der Waals surface area contributed by atoms with E-state index in [0.29, 0.717) is 17.7 Å². The Kier molecular flexibility index (Phi) is 4.99. The average Bonchev–Trinajstić information content (AvgIpc) is 2.33. The number of phenols is 1. The van der Waals surface area contributed by atoms with Crippen molar-refractivity contribution < 1.29 is 15.0 Å². The Bertz CT molecular complexity index is 482. The molecule has 106 valence electrons. The standard InChI is InChI=1S/C12H17N3O3.ClH/c1-14-8-4-2-6-7(11(8)17)3-5-9(16)10(6)15-12(13)18;/h3,5,8,11,14,16-17H,2,4H2,1H3,(H3,13,15,18);1H. The third-order valence-electron chi connectivity index (χ3n) is 3.35. The molecule has 0 fully saturated rings. The highest BCUT2D eigenvalue weighted by atomic mass is 35.5. The van der Waals surface area contributed by atoms with Gasteiger partial charge in [0, 0.05) is 6.04 Å². The van der Waals surface area contributed by atoms with Crippen molar-refractivity contribution in [3.8, 4) is 5.75 Å². The second-order valence-electron chi connectivity index (χ2n) is 4.40. The number of hydrogen-bond acceptors (Lipinski definition) is 4. The Hall–Kier alpha value is -1.50. The number of carbonyl (C=O) groups is 1. The molecule has 6 N–H and O–H groups in total. The molecule has 0 bridgehead atoms. The number of carbonyl (C=O) groups excluding carboxylic acids is 1. The van der Waals surface area contributed by atoms with E-state index in [0.717, 1.165) is 12.0 Å². The van der Waals surface area contributed by atoms with E-state index in [1.54, 1.807) is 13.1 Å². The van der Waals surface area contributed by atoms with Gasteiger partial charge in [-0.2, -0.15) is 0 Å². The van der Waals surface area contributed by atoms with Gasteiger partial charge in [0.25, 0.3) is 0 Å². The van der Waals surface area contributed by atoms with Gasteiger partial charge in [-0.15, -0.1) is 12.4 Å². The van der Waals surface area contributed by atoms with Crippen LogP contribution in [0.1, 0.15) is 23.7 Å². The molecule has 0 aromatic heterocycles. The minimum absolute atomic E-state index is 0. The summed E-state index contributed by atoms with van der Waals surface area (Å²) >= 11 is 0. The van der Waals surface area contributed by atoms with Crippen LogP contribution < -0.4 is 16.4 Å². The molecule has 1 aliphatic carbocycles. The van der Waals surface area contributed by atoms with Crippen molar-refractivity contribution in [1.29, 1.82) is 0 Å². The summed E-state index contributed by atoms with van der Waals surface area (Å²) in [5, 5.41) is 25.4. The predicted molar refractivity (Wildman–Crippen MR) is 74.7 cm³/mol. The number of primary amides is 1. The molecule has 6 nitrogen and oxygen atoms in total. The highest BCUT2D eigenvalue weighted by molar-refractivity contribution is 5.91. The summed E-state index contributed by atoms with van der Waals surface area (Å²) < 4.78 is 0. The number of aliphatic hydroxyl groups is 1. The van der Waals surface area contributed by atoms with E-state index >= 15 is 0 Å². The number of amides is 2. The van der Waals surface area contributed by atoms with Gasteiger partial charge in [-0.05, 0) is 37.1 Å². The summed E-state index contributed by atoms with van der Waals surface area (Å²) in [5.41, 5.74) is 6.83. The molecule has 7 heteroatoms. The van der Waals surface area contributed by atoms with E-state index < -0.39 is 12.1 Å². The van der Waals surface area contributed by atoms with Crippen LogP contribution in [0, 0.1) is 0 Å². The van der Waals surface area contributed by atoms with Crippen molar-refractivity contribution in [2.75, 3.05) is 12.4 Å². The number of hydrogen-bond donors (Lipinski definition) is 5. The van der Waals surface area contributed by atoms with Crippen LogP contribution in [-0.4, -0.2) is 29.3 Å². The summed E-state index contributed by atoms with van der Waals surface area (Å²) in [6.07, 6.45) is 0.719. The quantitative estimate of drug-likeness (QED) is 0.520. The molecule has 0 radical (unpaired) electrons. The lowest BCUT2D eigenvalue weighted by molar-refractivity contribution is 0.119. The first kappa shape index (κ1) is 15.6. The number of urea groups is 1. The van der Waals surface area contributed by atoms with Crippen LogP contribution in [0.4, 0.5) is 10.5 Å². The van der Waals surface area contributed by atoms with Crippen molar-refractivity contribution in [2.45, 2.75) is 25.0 Å². The van der Waals surface area contributed by atoms with E-state index in [4.69, 9.17) is 5.73 Å². The number of benzene rings is 1. The number of fused-ring (bicyclic) bond motifs is 1. The minimum Gasteiger partial charge on any atom is -0.506 e. The molecule has 1 aromatic carbocycles. The van der Waals surface area contributed by atoms with Crippen molar-refractivity contribution in [1.82, 2.24) is 5.32 Å². The van der Waals surface area contributed by atoms with E-state index in [2.05, 4.69) is 10.6 Å². The van der Waals surface area contributed by atoms with Gasteiger partial charge in [-0.25, -0.2) is 4.79 Å². The number of aliphatic hydroxyl groups excluding tert-OH is 1. The van der Waals surface area contributed by atoms with Crippen LogP contribution in [0.15, 0.2) is 12.1 Å². The van der Waals surface area contributed by atoms with Gasteiger partial charge in [0.2, 0.25) is 0 Å². The van der Waals surface area contributed by atoms with Crippen LogP contribution in [0.3, 0.4) is 0 Å². The number of likely N-dealkylation sites (N-methyl/N-ethyl adjacent to an activating group) is 1. The Balaban J connectivity index is 0.00000180. The first-order valence-corrected chi connectivity index (χ1v) is 5.81. The maximum Gasteiger partial charge on any atom is 0.316 e. The van der Waals surface area contributed by atoms with Crippen molar-refractivity contribution in [3.05, 3.63) is 23.3 Å². The molecular weight excluding hydrogens is 270 g/mol. The monoisotopic (exact) mass is 287 g/mol. The molecule has 2 amide bonds. The average molecular weight is 288 g/mol. The summed E-state index contributed by atoms with van der Waals surface area (Å²) in [6.45, 7) is 0. The van der Waals surface area contributed by atoms with Gasteiger partial charge < -0.3 is 26.6 Å². The second-order valence-corrected chi connectivity index (χ2v) is 4.40. The number of nitrogens with one attached hydrogen (secondary N) is 2. The smallest absolute Gasteiger partial charge is 0.316 e. The highest BCUT2D eigenvalue weighted by Crippen LogP contribution is 2.38. The van der Waals surface area contributed by atoms with Gasteiger partial charge in [-0.3, -0.25) is 0 Å².